The Balaban J connectivity index is 2.11. The molecule has 0 radical (unpaired) electrons. The van der Waals surface area contributed by atoms with Gasteiger partial charge in [0.1, 0.15) is 10.8 Å². The Hall–Kier alpha value is -1.95. The molecule has 19 heavy (non-hydrogen) atoms. The topological polar surface area (TPSA) is 66.9 Å². The van der Waals surface area contributed by atoms with Crippen molar-refractivity contribution in [3.8, 4) is 0 Å². The molecule has 2 aromatic rings. The van der Waals surface area contributed by atoms with E-state index in [1.807, 2.05) is 12.3 Å². The summed E-state index contributed by atoms with van der Waals surface area (Å²) in [6, 6.07) is 3.38. The van der Waals surface area contributed by atoms with E-state index in [1.165, 1.54) is 0 Å². The van der Waals surface area contributed by atoms with E-state index in [-0.39, 0.29) is 11.9 Å². The summed E-state index contributed by atoms with van der Waals surface area (Å²) in [5.74, 6) is 0.566. The maximum atomic E-state index is 12.2. The first-order valence-corrected chi connectivity index (χ1v) is 6.96. The summed E-state index contributed by atoms with van der Waals surface area (Å²) < 4.78 is 0. The number of nitrogens with zero attached hydrogens (tertiary/aromatic N) is 2. The first kappa shape index (κ1) is 13.5. The number of amides is 1. The normalized spacial score (nSPS) is 11.9. The van der Waals surface area contributed by atoms with Crippen molar-refractivity contribution in [2.75, 3.05) is 12.4 Å². The van der Waals surface area contributed by atoms with E-state index in [9.17, 15) is 4.79 Å². The molecule has 2 rings (SSSR count). The quantitative estimate of drug-likeness (QED) is 0.880. The zero-order valence-electron chi connectivity index (χ0n) is 10.9. The number of rotatable bonds is 5. The molecule has 2 N–H and O–H groups in total. The van der Waals surface area contributed by atoms with E-state index in [1.54, 1.807) is 42.9 Å². The van der Waals surface area contributed by atoms with E-state index in [0.717, 1.165) is 11.4 Å². The Kier molecular flexibility index (Phi) is 4.46. The van der Waals surface area contributed by atoms with Crippen LogP contribution in [0.2, 0.25) is 0 Å². The smallest absolute Gasteiger partial charge is 0.252 e. The Morgan fingerprint density at radius 1 is 1.42 bits per heavy atom. The number of aromatic nitrogens is 2. The van der Waals surface area contributed by atoms with E-state index < -0.39 is 0 Å². The molecule has 0 aliphatic rings. The Morgan fingerprint density at radius 3 is 2.89 bits per heavy atom. The van der Waals surface area contributed by atoms with Crippen molar-refractivity contribution >= 4 is 23.1 Å². The Morgan fingerprint density at radius 2 is 2.26 bits per heavy atom. The van der Waals surface area contributed by atoms with Gasteiger partial charge >= 0.3 is 0 Å². The number of carbonyl (C=O) groups excluding carboxylic acids is 1. The van der Waals surface area contributed by atoms with Crippen LogP contribution >= 0.6 is 11.3 Å². The van der Waals surface area contributed by atoms with Gasteiger partial charge in [0.2, 0.25) is 0 Å². The highest BCUT2D eigenvalue weighted by molar-refractivity contribution is 7.09. The van der Waals surface area contributed by atoms with Gasteiger partial charge in [-0.25, -0.2) is 9.97 Å². The molecule has 0 aromatic carbocycles. The van der Waals surface area contributed by atoms with E-state index >= 15 is 0 Å². The molecule has 1 unspecified atom stereocenters. The van der Waals surface area contributed by atoms with Crippen molar-refractivity contribution < 1.29 is 4.79 Å². The SMILES string of the molecule is CCC(NC(=O)c1ccnc(NC)c1)c1nccs1. The molecule has 0 spiro atoms. The van der Waals surface area contributed by atoms with Gasteiger partial charge in [-0.3, -0.25) is 4.79 Å². The minimum atomic E-state index is -0.110. The Bertz CT molecular complexity index is 541. The van der Waals surface area contributed by atoms with Crippen LogP contribution in [0.15, 0.2) is 29.9 Å². The highest BCUT2D eigenvalue weighted by Crippen LogP contribution is 2.19. The molecule has 0 fully saturated rings. The minimum Gasteiger partial charge on any atom is -0.373 e. The van der Waals surface area contributed by atoms with Gasteiger partial charge in [0.05, 0.1) is 6.04 Å². The van der Waals surface area contributed by atoms with Gasteiger partial charge in [-0.1, -0.05) is 6.92 Å². The molecule has 0 aliphatic heterocycles. The van der Waals surface area contributed by atoms with Crippen LogP contribution in [0.4, 0.5) is 5.82 Å². The standard InChI is InChI=1S/C13H16N4OS/c1-3-10(13-16-6-7-19-13)17-12(18)9-4-5-15-11(8-9)14-2/h4-8,10H,3H2,1-2H3,(H,14,15)(H,17,18). The van der Waals surface area contributed by atoms with Crippen LogP contribution in [0.1, 0.15) is 34.8 Å². The number of hydrogen-bond acceptors (Lipinski definition) is 5. The largest absolute Gasteiger partial charge is 0.373 e. The zero-order chi connectivity index (χ0) is 13.7. The van der Waals surface area contributed by atoms with Gasteiger partial charge in [-0.15, -0.1) is 11.3 Å². The van der Waals surface area contributed by atoms with Crippen molar-refractivity contribution in [3.05, 3.63) is 40.5 Å². The van der Waals surface area contributed by atoms with Gasteiger partial charge in [0, 0.05) is 30.4 Å². The predicted molar refractivity (Wildman–Crippen MR) is 76.4 cm³/mol. The monoisotopic (exact) mass is 276 g/mol. The molecule has 100 valence electrons. The number of carbonyl (C=O) groups is 1. The summed E-state index contributed by atoms with van der Waals surface area (Å²) in [6.45, 7) is 2.03. The van der Waals surface area contributed by atoms with Crippen molar-refractivity contribution in [1.29, 1.82) is 0 Å². The molecule has 1 atom stereocenters. The molecule has 5 nitrogen and oxygen atoms in total. The summed E-state index contributed by atoms with van der Waals surface area (Å²) in [7, 11) is 1.77. The van der Waals surface area contributed by atoms with Gasteiger partial charge in [0.25, 0.3) is 5.91 Å². The fourth-order valence-corrected chi connectivity index (χ4v) is 2.47. The van der Waals surface area contributed by atoms with Crippen molar-refractivity contribution in [1.82, 2.24) is 15.3 Å². The summed E-state index contributed by atoms with van der Waals surface area (Å²) in [5, 5.41) is 8.75. The minimum absolute atomic E-state index is 0.0429. The second kappa shape index (κ2) is 6.29. The summed E-state index contributed by atoms with van der Waals surface area (Å²) >= 11 is 1.55. The highest BCUT2D eigenvalue weighted by Gasteiger charge is 2.16. The molecule has 2 heterocycles. The van der Waals surface area contributed by atoms with Crippen molar-refractivity contribution in [2.24, 2.45) is 0 Å². The van der Waals surface area contributed by atoms with Crippen molar-refractivity contribution in [3.63, 3.8) is 0 Å². The number of anilines is 1. The van der Waals surface area contributed by atoms with Crippen LogP contribution in [0.5, 0.6) is 0 Å². The third-order valence-corrected chi connectivity index (χ3v) is 3.63. The lowest BCUT2D eigenvalue weighted by atomic mass is 10.2. The average molecular weight is 276 g/mol. The van der Waals surface area contributed by atoms with Gasteiger partial charge in [-0.05, 0) is 18.6 Å². The molecular weight excluding hydrogens is 260 g/mol. The summed E-state index contributed by atoms with van der Waals surface area (Å²) in [6.07, 6.45) is 4.18. The summed E-state index contributed by atoms with van der Waals surface area (Å²) in [5.41, 5.74) is 0.592. The van der Waals surface area contributed by atoms with Crippen LogP contribution in [0.3, 0.4) is 0 Å². The maximum Gasteiger partial charge on any atom is 0.252 e. The van der Waals surface area contributed by atoms with Crippen LogP contribution < -0.4 is 10.6 Å². The first-order valence-electron chi connectivity index (χ1n) is 6.08. The second-order valence-corrected chi connectivity index (χ2v) is 4.91. The van der Waals surface area contributed by atoms with Gasteiger partial charge < -0.3 is 10.6 Å². The van der Waals surface area contributed by atoms with E-state index in [2.05, 4.69) is 20.6 Å². The van der Waals surface area contributed by atoms with Crippen LogP contribution in [0.25, 0.3) is 0 Å². The molecule has 2 aromatic heterocycles. The van der Waals surface area contributed by atoms with Crippen LogP contribution in [0, 0.1) is 0 Å². The Labute approximate surface area is 116 Å². The molecular formula is C13H16N4OS. The zero-order valence-corrected chi connectivity index (χ0v) is 11.7. The fourth-order valence-electron chi connectivity index (χ4n) is 1.70. The third kappa shape index (κ3) is 3.29. The molecule has 1 amide bonds. The lowest BCUT2D eigenvalue weighted by Gasteiger charge is -2.14. The third-order valence-electron chi connectivity index (χ3n) is 2.74. The lowest BCUT2D eigenvalue weighted by molar-refractivity contribution is 0.0935. The van der Waals surface area contributed by atoms with E-state index in [0.29, 0.717) is 11.4 Å². The van der Waals surface area contributed by atoms with Crippen LogP contribution in [-0.2, 0) is 0 Å². The number of pyridine rings is 1. The van der Waals surface area contributed by atoms with E-state index in [4.69, 9.17) is 0 Å². The molecule has 0 bridgehead atoms. The number of hydrogen-bond donors (Lipinski definition) is 2. The number of thiazole rings is 1. The van der Waals surface area contributed by atoms with Gasteiger partial charge in [-0.2, -0.15) is 0 Å². The maximum absolute atomic E-state index is 12.2. The predicted octanol–water partition coefficient (Wildman–Crippen LogP) is 2.46. The molecule has 6 heteroatoms. The molecule has 0 saturated carbocycles. The second-order valence-electron chi connectivity index (χ2n) is 3.98. The molecule has 0 saturated heterocycles. The van der Waals surface area contributed by atoms with Crippen molar-refractivity contribution in [2.45, 2.75) is 19.4 Å². The number of nitrogens with one attached hydrogen (secondary N) is 2. The highest BCUT2D eigenvalue weighted by atomic mass is 32.1. The summed E-state index contributed by atoms with van der Waals surface area (Å²) in [4.78, 5) is 20.5. The first-order chi connectivity index (χ1) is 9.24. The molecule has 0 aliphatic carbocycles. The van der Waals surface area contributed by atoms with Gasteiger partial charge in [0.15, 0.2) is 0 Å². The van der Waals surface area contributed by atoms with Crippen LogP contribution in [-0.4, -0.2) is 22.9 Å². The average Bonchev–Trinajstić information content (AvgIpc) is 2.98. The lowest BCUT2D eigenvalue weighted by Crippen LogP contribution is -2.28. The fraction of sp³-hybridized carbons (Fsp3) is 0.308.